The van der Waals surface area contributed by atoms with Crippen LogP contribution in [-0.2, 0) is 9.47 Å². The predicted octanol–water partition coefficient (Wildman–Crippen LogP) is 3.08. The van der Waals surface area contributed by atoms with Crippen molar-refractivity contribution in [1.82, 2.24) is 0 Å². The number of methoxy groups -OCH3 is 2. The van der Waals surface area contributed by atoms with Gasteiger partial charge in [-0.25, -0.2) is 0 Å². The SMILES string of the molecule is COC(C)(CC(CC#N)c1ccccc1)OC. The molecule has 0 N–H and O–H groups in total. The third-order valence-electron chi connectivity index (χ3n) is 3.09. The van der Waals surface area contributed by atoms with Crippen molar-refractivity contribution in [2.24, 2.45) is 0 Å². The quantitative estimate of drug-likeness (QED) is 0.709. The van der Waals surface area contributed by atoms with E-state index in [1.807, 2.05) is 37.3 Å². The molecule has 0 amide bonds. The summed E-state index contributed by atoms with van der Waals surface area (Å²) in [5.41, 5.74) is 1.15. The lowest BCUT2D eigenvalue weighted by atomic mass is 9.89. The average molecular weight is 233 g/mol. The molecule has 1 aromatic carbocycles. The summed E-state index contributed by atoms with van der Waals surface area (Å²) in [5.74, 6) is -0.511. The summed E-state index contributed by atoms with van der Waals surface area (Å²) in [6, 6.07) is 12.2. The fraction of sp³-hybridized carbons (Fsp3) is 0.500. The summed E-state index contributed by atoms with van der Waals surface area (Å²) >= 11 is 0. The number of rotatable bonds is 6. The van der Waals surface area contributed by atoms with Crippen LogP contribution >= 0.6 is 0 Å². The van der Waals surface area contributed by atoms with E-state index in [1.54, 1.807) is 14.2 Å². The second-order valence-electron chi connectivity index (χ2n) is 4.22. The van der Waals surface area contributed by atoms with Crippen molar-refractivity contribution in [2.75, 3.05) is 14.2 Å². The summed E-state index contributed by atoms with van der Waals surface area (Å²) in [5, 5.41) is 8.91. The zero-order valence-electron chi connectivity index (χ0n) is 10.6. The minimum Gasteiger partial charge on any atom is -0.353 e. The van der Waals surface area contributed by atoms with Gasteiger partial charge in [-0.1, -0.05) is 30.3 Å². The standard InChI is InChI=1S/C14H19NO2/c1-14(16-2,17-3)11-13(9-10-15)12-7-5-4-6-8-12/h4-8,13H,9,11H2,1-3H3. The van der Waals surface area contributed by atoms with Gasteiger partial charge < -0.3 is 9.47 Å². The Balaban J connectivity index is 2.85. The van der Waals surface area contributed by atoms with E-state index in [4.69, 9.17) is 14.7 Å². The van der Waals surface area contributed by atoms with Crippen LogP contribution in [-0.4, -0.2) is 20.0 Å². The molecule has 1 rings (SSSR count). The highest BCUT2D eigenvalue weighted by Gasteiger charge is 2.28. The van der Waals surface area contributed by atoms with Crippen molar-refractivity contribution in [3.8, 4) is 6.07 Å². The van der Waals surface area contributed by atoms with Gasteiger partial charge in [0, 0.05) is 33.0 Å². The second kappa shape index (κ2) is 6.39. The maximum atomic E-state index is 8.91. The molecule has 1 unspecified atom stereocenters. The van der Waals surface area contributed by atoms with Crippen LogP contribution in [0.2, 0.25) is 0 Å². The van der Waals surface area contributed by atoms with Crippen molar-refractivity contribution >= 4 is 0 Å². The normalized spacial score (nSPS) is 13.1. The third kappa shape index (κ3) is 3.85. The van der Waals surface area contributed by atoms with Crippen molar-refractivity contribution in [3.63, 3.8) is 0 Å². The van der Waals surface area contributed by atoms with Gasteiger partial charge in [0.05, 0.1) is 6.07 Å². The summed E-state index contributed by atoms with van der Waals surface area (Å²) < 4.78 is 10.7. The molecule has 1 aromatic rings. The van der Waals surface area contributed by atoms with Gasteiger partial charge in [-0.2, -0.15) is 5.26 Å². The van der Waals surface area contributed by atoms with Gasteiger partial charge in [-0.05, 0) is 12.5 Å². The number of benzene rings is 1. The van der Waals surface area contributed by atoms with E-state index < -0.39 is 5.79 Å². The molecule has 0 heterocycles. The number of nitrogens with zero attached hydrogens (tertiary/aromatic N) is 1. The minimum absolute atomic E-state index is 0.131. The van der Waals surface area contributed by atoms with Gasteiger partial charge in [0.25, 0.3) is 0 Å². The molecule has 0 fully saturated rings. The number of nitriles is 1. The Labute approximate surface area is 103 Å². The molecule has 3 nitrogen and oxygen atoms in total. The van der Waals surface area contributed by atoms with Crippen molar-refractivity contribution < 1.29 is 9.47 Å². The monoisotopic (exact) mass is 233 g/mol. The summed E-state index contributed by atoms with van der Waals surface area (Å²) in [7, 11) is 3.25. The van der Waals surface area contributed by atoms with Crippen LogP contribution in [0.5, 0.6) is 0 Å². The second-order valence-corrected chi connectivity index (χ2v) is 4.22. The van der Waals surface area contributed by atoms with Crippen LogP contribution in [0.3, 0.4) is 0 Å². The molecule has 0 aliphatic carbocycles. The zero-order chi connectivity index (χ0) is 12.7. The first-order valence-electron chi connectivity index (χ1n) is 5.67. The molecule has 3 heteroatoms. The van der Waals surface area contributed by atoms with E-state index in [0.29, 0.717) is 12.8 Å². The lowest BCUT2D eigenvalue weighted by Crippen LogP contribution is -2.31. The summed E-state index contributed by atoms with van der Waals surface area (Å²) in [6.07, 6.45) is 1.13. The molecule has 17 heavy (non-hydrogen) atoms. The molecule has 0 radical (unpaired) electrons. The summed E-state index contributed by atoms with van der Waals surface area (Å²) in [6.45, 7) is 1.89. The molecule has 0 spiro atoms. The van der Waals surface area contributed by atoms with E-state index in [0.717, 1.165) is 5.56 Å². The first kappa shape index (κ1) is 13.7. The fourth-order valence-corrected chi connectivity index (χ4v) is 1.84. The lowest BCUT2D eigenvalue weighted by Gasteiger charge is -2.30. The van der Waals surface area contributed by atoms with Gasteiger partial charge in [0.1, 0.15) is 0 Å². The number of ether oxygens (including phenoxy) is 2. The predicted molar refractivity (Wildman–Crippen MR) is 66.5 cm³/mol. The highest BCUT2D eigenvalue weighted by atomic mass is 16.7. The Hall–Kier alpha value is -1.37. The summed E-state index contributed by atoms with van der Waals surface area (Å²) in [4.78, 5) is 0. The highest BCUT2D eigenvalue weighted by Crippen LogP contribution is 2.30. The molecule has 0 aliphatic rings. The Bertz CT molecular complexity index is 366. The van der Waals surface area contributed by atoms with Crippen molar-refractivity contribution in [1.29, 1.82) is 5.26 Å². The zero-order valence-corrected chi connectivity index (χ0v) is 10.6. The van der Waals surface area contributed by atoms with Gasteiger partial charge >= 0.3 is 0 Å². The Kier molecular flexibility index (Phi) is 5.14. The molecule has 0 aromatic heterocycles. The van der Waals surface area contributed by atoms with Gasteiger partial charge in [0.15, 0.2) is 5.79 Å². The molecule has 92 valence electrons. The Morgan fingerprint density at radius 3 is 2.29 bits per heavy atom. The van der Waals surface area contributed by atoms with Crippen LogP contribution in [0.25, 0.3) is 0 Å². The third-order valence-corrected chi connectivity index (χ3v) is 3.09. The van der Waals surface area contributed by atoms with Crippen LogP contribution in [0.15, 0.2) is 30.3 Å². The molecule has 0 bridgehead atoms. The fourth-order valence-electron chi connectivity index (χ4n) is 1.84. The first-order chi connectivity index (χ1) is 8.15. The molecule has 1 atom stereocenters. The van der Waals surface area contributed by atoms with Crippen LogP contribution in [0, 0.1) is 11.3 Å². The lowest BCUT2D eigenvalue weighted by molar-refractivity contribution is -0.199. The number of hydrogen-bond donors (Lipinski definition) is 0. The van der Waals surface area contributed by atoms with Crippen molar-refractivity contribution in [3.05, 3.63) is 35.9 Å². The maximum absolute atomic E-state index is 8.91. The Morgan fingerprint density at radius 1 is 1.24 bits per heavy atom. The van der Waals surface area contributed by atoms with Crippen LogP contribution < -0.4 is 0 Å². The molecule has 0 saturated heterocycles. The van der Waals surface area contributed by atoms with E-state index in [-0.39, 0.29) is 5.92 Å². The Morgan fingerprint density at radius 2 is 1.82 bits per heavy atom. The number of hydrogen-bond acceptors (Lipinski definition) is 3. The van der Waals surface area contributed by atoms with Gasteiger partial charge in [-0.3, -0.25) is 0 Å². The van der Waals surface area contributed by atoms with Crippen molar-refractivity contribution in [2.45, 2.75) is 31.5 Å². The molecular weight excluding hydrogens is 214 g/mol. The van der Waals surface area contributed by atoms with Crippen LogP contribution in [0.1, 0.15) is 31.2 Å². The smallest absolute Gasteiger partial charge is 0.165 e. The van der Waals surface area contributed by atoms with Crippen LogP contribution in [0.4, 0.5) is 0 Å². The van der Waals surface area contributed by atoms with E-state index in [2.05, 4.69) is 6.07 Å². The highest BCUT2D eigenvalue weighted by molar-refractivity contribution is 5.20. The molecule has 0 aliphatic heterocycles. The maximum Gasteiger partial charge on any atom is 0.165 e. The van der Waals surface area contributed by atoms with Gasteiger partial charge in [0.2, 0.25) is 0 Å². The first-order valence-corrected chi connectivity index (χ1v) is 5.67. The van der Waals surface area contributed by atoms with E-state index in [9.17, 15) is 0 Å². The topological polar surface area (TPSA) is 42.2 Å². The largest absolute Gasteiger partial charge is 0.353 e. The average Bonchev–Trinajstić information content (AvgIpc) is 2.39. The molecular formula is C14H19NO2. The van der Waals surface area contributed by atoms with E-state index >= 15 is 0 Å². The minimum atomic E-state index is -0.642. The molecule has 0 saturated carbocycles. The van der Waals surface area contributed by atoms with Gasteiger partial charge in [-0.15, -0.1) is 0 Å². The van der Waals surface area contributed by atoms with E-state index in [1.165, 1.54) is 0 Å².